The first-order valence-electron chi connectivity index (χ1n) is 5.18. The lowest BCUT2D eigenvalue weighted by molar-refractivity contribution is -0.145. The van der Waals surface area contributed by atoms with Crippen molar-refractivity contribution in [3.8, 4) is 5.75 Å². The molecule has 5 nitrogen and oxygen atoms in total. The number of carbonyl (C=O) groups excluding carboxylic acids is 2. The van der Waals surface area contributed by atoms with Crippen molar-refractivity contribution in [2.75, 3.05) is 14.2 Å². The van der Waals surface area contributed by atoms with E-state index < -0.39 is 12.0 Å². The van der Waals surface area contributed by atoms with Crippen molar-refractivity contribution < 1.29 is 19.1 Å². The van der Waals surface area contributed by atoms with Crippen LogP contribution in [0.2, 0.25) is 0 Å². The summed E-state index contributed by atoms with van der Waals surface area (Å²) in [7, 11) is 2.82. The lowest BCUT2D eigenvalue weighted by atomic mass is 10.1. The number of nitrogens with one attached hydrogen (secondary N) is 1. The normalized spacial score (nSPS) is 11.6. The molecule has 0 radical (unpaired) electrons. The molecule has 1 amide bonds. The highest BCUT2D eigenvalue weighted by molar-refractivity contribution is 9.10. The Balaban J connectivity index is 3.08. The maximum atomic E-state index is 11.6. The number of amides is 1. The summed E-state index contributed by atoms with van der Waals surface area (Å²) in [4.78, 5) is 22.7. The molecule has 0 heterocycles. The molecule has 1 aromatic carbocycles. The van der Waals surface area contributed by atoms with Gasteiger partial charge >= 0.3 is 5.97 Å². The monoisotopic (exact) mass is 315 g/mol. The van der Waals surface area contributed by atoms with Gasteiger partial charge in [-0.2, -0.15) is 0 Å². The number of ether oxygens (including phenoxy) is 2. The largest absolute Gasteiger partial charge is 0.496 e. The molecular formula is C12H14BrNO4. The molecule has 0 aliphatic carbocycles. The lowest BCUT2D eigenvalue weighted by Gasteiger charge is -2.16. The number of halogens is 1. The first-order valence-corrected chi connectivity index (χ1v) is 5.97. The van der Waals surface area contributed by atoms with Gasteiger partial charge in [-0.25, -0.2) is 4.79 Å². The minimum Gasteiger partial charge on any atom is -0.496 e. The van der Waals surface area contributed by atoms with Crippen molar-refractivity contribution in [2.24, 2.45) is 0 Å². The number of methoxy groups -OCH3 is 2. The standard InChI is InChI=1S/C12H14BrNO4/c1-7(15)14-11(12(16)18-3)8-4-5-10(17-2)9(13)6-8/h4-6,11H,1-3H3,(H,14,15). The highest BCUT2D eigenvalue weighted by Crippen LogP contribution is 2.28. The fourth-order valence-electron chi connectivity index (χ4n) is 1.46. The Morgan fingerprint density at radius 3 is 2.44 bits per heavy atom. The number of hydrogen-bond acceptors (Lipinski definition) is 4. The van der Waals surface area contributed by atoms with E-state index in [4.69, 9.17) is 4.74 Å². The third-order valence-corrected chi connectivity index (χ3v) is 2.91. The highest BCUT2D eigenvalue weighted by atomic mass is 79.9. The van der Waals surface area contributed by atoms with E-state index in [1.165, 1.54) is 14.0 Å². The predicted molar refractivity (Wildman–Crippen MR) is 69.3 cm³/mol. The van der Waals surface area contributed by atoms with Crippen LogP contribution < -0.4 is 10.1 Å². The maximum Gasteiger partial charge on any atom is 0.333 e. The van der Waals surface area contributed by atoms with Gasteiger partial charge in [0.15, 0.2) is 6.04 Å². The molecule has 0 aliphatic rings. The summed E-state index contributed by atoms with van der Waals surface area (Å²) in [5, 5.41) is 2.54. The molecule has 0 saturated heterocycles. The minimum atomic E-state index is -0.824. The van der Waals surface area contributed by atoms with Gasteiger partial charge < -0.3 is 14.8 Å². The van der Waals surface area contributed by atoms with Crippen molar-refractivity contribution in [1.82, 2.24) is 5.32 Å². The molecule has 0 bridgehead atoms. The van der Waals surface area contributed by atoms with Crippen LogP contribution in [0.4, 0.5) is 0 Å². The molecule has 1 aromatic rings. The van der Waals surface area contributed by atoms with Gasteiger partial charge in [0.05, 0.1) is 18.7 Å². The third kappa shape index (κ3) is 3.46. The first kappa shape index (κ1) is 14.5. The molecule has 0 fully saturated rings. The Morgan fingerprint density at radius 1 is 1.33 bits per heavy atom. The second kappa shape index (κ2) is 6.39. The van der Waals surface area contributed by atoms with E-state index in [1.54, 1.807) is 25.3 Å². The van der Waals surface area contributed by atoms with E-state index in [9.17, 15) is 9.59 Å². The van der Waals surface area contributed by atoms with Crippen LogP contribution in [0.5, 0.6) is 5.75 Å². The summed E-state index contributed by atoms with van der Waals surface area (Å²) < 4.78 is 10.5. The van der Waals surface area contributed by atoms with Crippen molar-refractivity contribution in [3.63, 3.8) is 0 Å². The van der Waals surface area contributed by atoms with Gasteiger partial charge in [0.1, 0.15) is 5.75 Å². The van der Waals surface area contributed by atoms with Gasteiger partial charge in [-0.3, -0.25) is 4.79 Å². The van der Waals surface area contributed by atoms with E-state index in [0.717, 1.165) is 0 Å². The zero-order valence-corrected chi connectivity index (χ0v) is 11.9. The van der Waals surface area contributed by atoms with E-state index >= 15 is 0 Å². The van der Waals surface area contributed by atoms with Gasteiger partial charge in [0.2, 0.25) is 5.91 Å². The quantitative estimate of drug-likeness (QED) is 0.861. The summed E-state index contributed by atoms with van der Waals surface area (Å²) in [6, 6.07) is 4.28. The van der Waals surface area contributed by atoms with E-state index in [0.29, 0.717) is 15.8 Å². The lowest BCUT2D eigenvalue weighted by Crippen LogP contribution is -2.32. The molecule has 1 unspecified atom stereocenters. The van der Waals surface area contributed by atoms with Crippen LogP contribution in [-0.2, 0) is 14.3 Å². The second-order valence-corrected chi connectivity index (χ2v) is 4.41. The average molecular weight is 316 g/mol. The van der Waals surface area contributed by atoms with E-state index in [1.807, 2.05) is 0 Å². The van der Waals surface area contributed by atoms with Crippen LogP contribution in [0.1, 0.15) is 18.5 Å². The summed E-state index contributed by atoms with van der Waals surface area (Å²) in [5.74, 6) is -0.190. The number of benzene rings is 1. The highest BCUT2D eigenvalue weighted by Gasteiger charge is 2.23. The molecule has 1 N–H and O–H groups in total. The maximum absolute atomic E-state index is 11.6. The van der Waals surface area contributed by atoms with Crippen LogP contribution in [0.15, 0.2) is 22.7 Å². The molecule has 6 heteroatoms. The molecular weight excluding hydrogens is 302 g/mol. The van der Waals surface area contributed by atoms with Crippen molar-refractivity contribution >= 4 is 27.8 Å². The van der Waals surface area contributed by atoms with E-state index in [2.05, 4.69) is 26.0 Å². The molecule has 1 atom stereocenters. The Bertz CT molecular complexity index is 461. The van der Waals surface area contributed by atoms with Crippen LogP contribution in [0.3, 0.4) is 0 Å². The predicted octanol–water partition coefficient (Wildman–Crippen LogP) is 1.81. The summed E-state index contributed by atoms with van der Waals surface area (Å²) >= 11 is 3.32. The zero-order chi connectivity index (χ0) is 13.7. The number of hydrogen-bond donors (Lipinski definition) is 1. The Kier molecular flexibility index (Phi) is 5.15. The van der Waals surface area contributed by atoms with Crippen LogP contribution >= 0.6 is 15.9 Å². The van der Waals surface area contributed by atoms with Gasteiger partial charge in [0.25, 0.3) is 0 Å². The topological polar surface area (TPSA) is 64.6 Å². The molecule has 0 saturated carbocycles. The SMILES string of the molecule is COC(=O)C(NC(C)=O)c1ccc(OC)c(Br)c1. The fraction of sp³-hybridized carbons (Fsp3) is 0.333. The Labute approximate surface area is 114 Å². The number of carbonyl (C=O) groups is 2. The van der Waals surface area contributed by atoms with Crippen LogP contribution in [-0.4, -0.2) is 26.1 Å². The molecule has 1 rings (SSSR count). The summed E-state index contributed by atoms with van der Waals surface area (Å²) in [6.45, 7) is 1.34. The smallest absolute Gasteiger partial charge is 0.333 e. The van der Waals surface area contributed by atoms with Gasteiger partial charge in [0, 0.05) is 6.92 Å². The molecule has 98 valence electrons. The van der Waals surface area contributed by atoms with Crippen LogP contribution in [0, 0.1) is 0 Å². The first-order chi connectivity index (χ1) is 8.49. The fourth-order valence-corrected chi connectivity index (χ4v) is 2.02. The average Bonchev–Trinajstić information content (AvgIpc) is 2.34. The number of rotatable bonds is 4. The molecule has 0 aliphatic heterocycles. The van der Waals surface area contributed by atoms with Crippen LogP contribution in [0.25, 0.3) is 0 Å². The van der Waals surface area contributed by atoms with Gasteiger partial charge in [-0.05, 0) is 33.6 Å². The molecule has 18 heavy (non-hydrogen) atoms. The van der Waals surface area contributed by atoms with Crippen molar-refractivity contribution in [1.29, 1.82) is 0 Å². The zero-order valence-electron chi connectivity index (χ0n) is 10.3. The van der Waals surface area contributed by atoms with Crippen molar-refractivity contribution in [3.05, 3.63) is 28.2 Å². The summed E-state index contributed by atoms with van der Waals surface area (Å²) in [6.07, 6.45) is 0. The van der Waals surface area contributed by atoms with Crippen molar-refractivity contribution in [2.45, 2.75) is 13.0 Å². The van der Waals surface area contributed by atoms with Gasteiger partial charge in [-0.1, -0.05) is 6.07 Å². The Morgan fingerprint density at radius 2 is 2.00 bits per heavy atom. The summed E-state index contributed by atoms with van der Waals surface area (Å²) in [5.41, 5.74) is 0.615. The molecule has 0 aromatic heterocycles. The Hall–Kier alpha value is -1.56. The second-order valence-electron chi connectivity index (χ2n) is 3.55. The third-order valence-electron chi connectivity index (χ3n) is 2.29. The minimum absolute atomic E-state index is 0.308. The van der Waals surface area contributed by atoms with Gasteiger partial charge in [-0.15, -0.1) is 0 Å². The van der Waals surface area contributed by atoms with E-state index in [-0.39, 0.29) is 5.91 Å². The number of esters is 1. The molecule has 0 spiro atoms.